The highest BCUT2D eigenvalue weighted by Crippen LogP contribution is 2.39. The van der Waals surface area contributed by atoms with Gasteiger partial charge in [0.1, 0.15) is 24.1 Å². The molecule has 2 unspecified atom stereocenters. The molecule has 0 spiro atoms. The smallest absolute Gasteiger partial charge is 0.125 e. The van der Waals surface area contributed by atoms with Crippen molar-refractivity contribution < 1.29 is 14.6 Å². The van der Waals surface area contributed by atoms with Gasteiger partial charge >= 0.3 is 0 Å². The van der Waals surface area contributed by atoms with Gasteiger partial charge in [-0.25, -0.2) is 0 Å². The monoisotopic (exact) mass is 236 g/mol. The Bertz CT molecular complexity index is 402. The quantitative estimate of drug-likeness (QED) is 0.875. The number of ether oxygens (including phenoxy) is 2. The third kappa shape index (κ3) is 2.05. The highest BCUT2D eigenvalue weighted by molar-refractivity contribution is 5.43. The summed E-state index contributed by atoms with van der Waals surface area (Å²) < 4.78 is 11.1. The zero-order valence-electron chi connectivity index (χ0n) is 10.7. The van der Waals surface area contributed by atoms with Crippen molar-refractivity contribution in [2.45, 2.75) is 38.4 Å². The molecule has 94 valence electrons. The molecule has 0 aromatic heterocycles. The van der Waals surface area contributed by atoms with E-state index in [0.29, 0.717) is 0 Å². The van der Waals surface area contributed by atoms with Crippen molar-refractivity contribution in [3.05, 3.63) is 29.3 Å². The summed E-state index contributed by atoms with van der Waals surface area (Å²) >= 11 is 0. The van der Waals surface area contributed by atoms with Crippen molar-refractivity contribution in [3.63, 3.8) is 0 Å². The Morgan fingerprint density at radius 3 is 2.94 bits per heavy atom. The zero-order valence-corrected chi connectivity index (χ0v) is 10.7. The van der Waals surface area contributed by atoms with Crippen LogP contribution in [-0.2, 0) is 16.8 Å². The van der Waals surface area contributed by atoms with E-state index in [-0.39, 0.29) is 6.61 Å². The van der Waals surface area contributed by atoms with Crippen LogP contribution in [0.1, 0.15) is 31.4 Å². The summed E-state index contributed by atoms with van der Waals surface area (Å²) in [4.78, 5) is 0. The van der Waals surface area contributed by atoms with Crippen LogP contribution >= 0.6 is 0 Å². The van der Waals surface area contributed by atoms with Gasteiger partial charge in [0.05, 0.1) is 0 Å². The van der Waals surface area contributed by atoms with E-state index in [1.54, 1.807) is 7.11 Å². The third-order valence-corrected chi connectivity index (χ3v) is 3.57. The van der Waals surface area contributed by atoms with E-state index in [1.165, 1.54) is 5.56 Å². The van der Waals surface area contributed by atoms with Crippen molar-refractivity contribution in [2.75, 3.05) is 13.7 Å². The van der Waals surface area contributed by atoms with Crippen LogP contribution in [0.25, 0.3) is 0 Å². The molecule has 1 heterocycles. The predicted octanol–water partition coefficient (Wildman–Crippen LogP) is 2.25. The molecular formula is C14H20O3. The van der Waals surface area contributed by atoms with Gasteiger partial charge in [0, 0.05) is 12.7 Å². The molecule has 2 rings (SSSR count). The van der Waals surface area contributed by atoms with Crippen molar-refractivity contribution >= 4 is 0 Å². The molecule has 0 saturated heterocycles. The van der Waals surface area contributed by atoms with Gasteiger partial charge in [-0.05, 0) is 31.0 Å². The second-order valence-corrected chi connectivity index (χ2v) is 4.72. The van der Waals surface area contributed by atoms with Gasteiger partial charge in [-0.15, -0.1) is 0 Å². The summed E-state index contributed by atoms with van der Waals surface area (Å²) in [5, 5.41) is 10.0. The molecule has 17 heavy (non-hydrogen) atoms. The molecule has 0 fully saturated rings. The van der Waals surface area contributed by atoms with Crippen LogP contribution in [0.3, 0.4) is 0 Å². The third-order valence-electron chi connectivity index (χ3n) is 3.57. The van der Waals surface area contributed by atoms with Crippen molar-refractivity contribution in [3.8, 4) is 5.75 Å². The van der Waals surface area contributed by atoms with Gasteiger partial charge in [-0.1, -0.05) is 19.4 Å². The first kappa shape index (κ1) is 12.4. The van der Waals surface area contributed by atoms with E-state index in [0.717, 1.165) is 24.2 Å². The fourth-order valence-electron chi connectivity index (χ4n) is 2.29. The van der Waals surface area contributed by atoms with Gasteiger partial charge in [-0.3, -0.25) is 0 Å². The van der Waals surface area contributed by atoms with Gasteiger partial charge in [0.25, 0.3) is 0 Å². The summed E-state index contributed by atoms with van der Waals surface area (Å²) in [5.74, 6) is 0.819. The summed E-state index contributed by atoms with van der Waals surface area (Å²) in [7, 11) is 1.63. The lowest BCUT2D eigenvalue weighted by Crippen LogP contribution is -2.45. The van der Waals surface area contributed by atoms with Gasteiger partial charge in [0.2, 0.25) is 0 Å². The Kier molecular flexibility index (Phi) is 3.40. The van der Waals surface area contributed by atoms with Crippen molar-refractivity contribution in [2.24, 2.45) is 0 Å². The van der Waals surface area contributed by atoms with E-state index >= 15 is 0 Å². The van der Waals surface area contributed by atoms with Gasteiger partial charge in [0.15, 0.2) is 0 Å². The molecule has 1 aliphatic heterocycles. The molecule has 0 amide bonds. The number of hydrogen-bond acceptors (Lipinski definition) is 3. The number of rotatable bonds is 3. The maximum Gasteiger partial charge on any atom is 0.125 e. The van der Waals surface area contributed by atoms with E-state index in [4.69, 9.17) is 9.47 Å². The number of fused-ring (bicyclic) bond motifs is 1. The first-order valence-corrected chi connectivity index (χ1v) is 6.11. The fraction of sp³-hybridized carbons (Fsp3) is 0.571. The molecular weight excluding hydrogens is 216 g/mol. The highest BCUT2D eigenvalue weighted by atomic mass is 16.5. The highest BCUT2D eigenvalue weighted by Gasteiger charge is 2.41. The topological polar surface area (TPSA) is 38.7 Å². The average molecular weight is 236 g/mol. The number of aryl methyl sites for hydroxylation is 1. The van der Waals surface area contributed by atoms with Crippen LogP contribution in [0, 0.1) is 0 Å². The molecule has 3 nitrogen and oxygen atoms in total. The van der Waals surface area contributed by atoms with Crippen LogP contribution in [0.2, 0.25) is 0 Å². The average Bonchev–Trinajstić information content (AvgIpc) is 2.35. The number of methoxy groups -OCH3 is 1. The first-order chi connectivity index (χ1) is 8.11. The van der Waals surface area contributed by atoms with E-state index in [9.17, 15) is 5.11 Å². The maximum atomic E-state index is 10.0. The minimum Gasteiger partial charge on any atom is -0.490 e. The van der Waals surface area contributed by atoms with Crippen LogP contribution in [0.4, 0.5) is 0 Å². The minimum atomic E-state index is -0.669. The summed E-state index contributed by atoms with van der Waals surface area (Å²) in [6, 6.07) is 6.14. The lowest BCUT2D eigenvalue weighted by molar-refractivity contribution is -0.122. The van der Waals surface area contributed by atoms with Gasteiger partial charge in [-0.2, -0.15) is 0 Å². The lowest BCUT2D eigenvalue weighted by Gasteiger charge is -2.38. The number of aliphatic hydroxyl groups is 1. The summed E-state index contributed by atoms with van der Waals surface area (Å²) in [5.41, 5.74) is 1.54. The Morgan fingerprint density at radius 2 is 2.29 bits per heavy atom. The van der Waals surface area contributed by atoms with E-state index in [2.05, 4.69) is 19.1 Å². The number of aliphatic hydroxyl groups excluding tert-OH is 1. The second-order valence-electron chi connectivity index (χ2n) is 4.72. The van der Waals surface area contributed by atoms with Gasteiger partial charge < -0.3 is 14.6 Å². The molecule has 1 aromatic carbocycles. The summed E-state index contributed by atoms with van der Waals surface area (Å²) in [6.07, 6.45) is 1.51. The standard InChI is InChI=1S/C14H20O3/c1-4-5-10-6-7-12-11(8-10)14(2,16-3)13(15)9-17-12/h6-8,13,15H,4-5,9H2,1-3H3. The van der Waals surface area contributed by atoms with Crippen LogP contribution in [0.15, 0.2) is 18.2 Å². The number of hydrogen-bond donors (Lipinski definition) is 1. The molecule has 1 aromatic rings. The Hall–Kier alpha value is -1.06. The normalized spacial score (nSPS) is 27.4. The SMILES string of the molecule is CCCc1ccc2c(c1)C(C)(OC)C(O)CO2. The Labute approximate surface area is 102 Å². The molecule has 3 heteroatoms. The van der Waals surface area contributed by atoms with E-state index in [1.807, 2.05) is 13.0 Å². The fourth-order valence-corrected chi connectivity index (χ4v) is 2.29. The molecule has 0 saturated carbocycles. The Balaban J connectivity index is 2.45. The van der Waals surface area contributed by atoms with E-state index < -0.39 is 11.7 Å². The largest absolute Gasteiger partial charge is 0.490 e. The Morgan fingerprint density at radius 1 is 1.53 bits per heavy atom. The van der Waals surface area contributed by atoms with Crippen LogP contribution in [0.5, 0.6) is 5.75 Å². The first-order valence-electron chi connectivity index (χ1n) is 6.11. The van der Waals surface area contributed by atoms with Crippen molar-refractivity contribution in [1.29, 1.82) is 0 Å². The second kappa shape index (κ2) is 4.67. The molecule has 0 bridgehead atoms. The maximum absolute atomic E-state index is 10.0. The molecule has 1 aliphatic rings. The lowest BCUT2D eigenvalue weighted by atomic mass is 9.86. The predicted molar refractivity (Wildman–Crippen MR) is 66.3 cm³/mol. The van der Waals surface area contributed by atoms with Crippen molar-refractivity contribution in [1.82, 2.24) is 0 Å². The van der Waals surface area contributed by atoms with Crippen LogP contribution < -0.4 is 4.74 Å². The molecule has 2 atom stereocenters. The van der Waals surface area contributed by atoms with Crippen LogP contribution in [-0.4, -0.2) is 24.9 Å². The zero-order chi connectivity index (χ0) is 12.5. The molecule has 1 N–H and O–H groups in total. The molecule has 0 radical (unpaired) electrons. The summed E-state index contributed by atoms with van der Waals surface area (Å²) in [6.45, 7) is 4.35. The minimum absolute atomic E-state index is 0.282. The number of benzene rings is 1. The molecule has 0 aliphatic carbocycles.